The molecule has 1 aromatic carbocycles. The second kappa shape index (κ2) is 9.58. The maximum atomic E-state index is 12.9. The molecule has 0 spiro atoms. The molecule has 1 aliphatic rings. The van der Waals surface area contributed by atoms with Gasteiger partial charge in [-0.05, 0) is 43.4 Å². The number of hydrogen-bond donors (Lipinski definition) is 1. The number of hydrogen-bond acceptors (Lipinski definition) is 4. The molecule has 2 N–H and O–H groups in total. The van der Waals surface area contributed by atoms with Gasteiger partial charge in [-0.15, -0.1) is 36.2 Å². The molecule has 1 fully saturated rings. The predicted octanol–water partition coefficient (Wildman–Crippen LogP) is 5.02. The van der Waals surface area contributed by atoms with Gasteiger partial charge < -0.3 is 10.6 Å². The van der Waals surface area contributed by atoms with Crippen molar-refractivity contribution >= 4 is 47.7 Å². The molecule has 1 aromatic heterocycles. The molecule has 1 unspecified atom stereocenters. The van der Waals surface area contributed by atoms with Crippen LogP contribution >= 0.6 is 36.2 Å². The van der Waals surface area contributed by atoms with Crippen LogP contribution in [0.2, 0.25) is 0 Å². The van der Waals surface area contributed by atoms with Gasteiger partial charge in [-0.25, -0.2) is 4.98 Å². The van der Waals surface area contributed by atoms with Crippen LogP contribution in [0.3, 0.4) is 0 Å². The summed E-state index contributed by atoms with van der Waals surface area (Å²) >= 11 is 1.73. The number of anilines is 1. The molecular weight excluding hydrogens is 389 g/mol. The molecule has 3 rings (SSSR count). The molecule has 0 radical (unpaired) electrons. The molecule has 144 valence electrons. The quantitative estimate of drug-likeness (QED) is 0.715. The zero-order valence-corrected chi connectivity index (χ0v) is 17.8. The number of thiazole rings is 1. The van der Waals surface area contributed by atoms with E-state index in [1.807, 2.05) is 24.0 Å². The van der Waals surface area contributed by atoms with Gasteiger partial charge in [0.05, 0.1) is 10.7 Å². The van der Waals surface area contributed by atoms with Gasteiger partial charge in [0, 0.05) is 35.6 Å². The highest BCUT2D eigenvalue weighted by molar-refractivity contribution is 7.09. The van der Waals surface area contributed by atoms with Crippen LogP contribution in [0.1, 0.15) is 65.1 Å². The second-order valence-corrected chi connectivity index (χ2v) is 7.82. The summed E-state index contributed by atoms with van der Waals surface area (Å²) in [5, 5.41) is 3.32. The first-order valence-electron chi connectivity index (χ1n) is 8.56. The van der Waals surface area contributed by atoms with Crippen LogP contribution in [-0.2, 0) is 0 Å². The van der Waals surface area contributed by atoms with Crippen LogP contribution in [0, 0.1) is 6.92 Å². The van der Waals surface area contributed by atoms with Crippen molar-refractivity contribution in [1.82, 2.24) is 9.88 Å². The minimum absolute atomic E-state index is 0. The number of carbonyl (C=O) groups is 1. The van der Waals surface area contributed by atoms with Crippen molar-refractivity contribution in [3.05, 3.63) is 45.4 Å². The van der Waals surface area contributed by atoms with E-state index < -0.39 is 0 Å². The Morgan fingerprint density at radius 1 is 1.35 bits per heavy atom. The van der Waals surface area contributed by atoms with E-state index in [4.69, 9.17) is 10.7 Å². The first kappa shape index (κ1) is 22.7. The number of aromatic nitrogens is 1. The minimum Gasteiger partial charge on any atom is -0.399 e. The van der Waals surface area contributed by atoms with Crippen LogP contribution in [-0.4, -0.2) is 28.9 Å². The average Bonchev–Trinajstić information content (AvgIpc) is 3.07. The van der Waals surface area contributed by atoms with Crippen molar-refractivity contribution in [3.63, 3.8) is 0 Å². The summed E-state index contributed by atoms with van der Waals surface area (Å²) in [7, 11) is 0. The normalized spacial score (nSPS) is 16.8. The van der Waals surface area contributed by atoms with Crippen LogP contribution < -0.4 is 5.73 Å². The molecule has 0 aliphatic carbocycles. The second-order valence-electron chi connectivity index (χ2n) is 6.93. The summed E-state index contributed by atoms with van der Waals surface area (Å²) in [5.74, 6) is 0.887. The molecular formula is C19H27Cl2N3OS. The zero-order valence-electron chi connectivity index (χ0n) is 15.4. The third-order valence-corrected chi connectivity index (χ3v) is 5.71. The van der Waals surface area contributed by atoms with Gasteiger partial charge in [0.1, 0.15) is 0 Å². The molecule has 4 nitrogen and oxygen atoms in total. The van der Waals surface area contributed by atoms with Crippen LogP contribution in [0.25, 0.3) is 0 Å². The Morgan fingerprint density at radius 2 is 2.08 bits per heavy atom. The van der Waals surface area contributed by atoms with Crippen molar-refractivity contribution < 1.29 is 4.79 Å². The molecule has 1 saturated heterocycles. The van der Waals surface area contributed by atoms with Crippen molar-refractivity contribution in [1.29, 1.82) is 0 Å². The molecule has 0 bridgehead atoms. The predicted molar refractivity (Wildman–Crippen MR) is 114 cm³/mol. The number of nitrogens with zero attached hydrogens (tertiary/aromatic N) is 2. The van der Waals surface area contributed by atoms with E-state index in [1.165, 1.54) is 5.01 Å². The largest absolute Gasteiger partial charge is 0.399 e. The summed E-state index contributed by atoms with van der Waals surface area (Å²) in [6, 6.07) is 5.55. The number of aryl methyl sites for hydroxylation is 1. The first-order valence-corrected chi connectivity index (χ1v) is 9.44. The fraction of sp³-hybridized carbons (Fsp3) is 0.474. The van der Waals surface area contributed by atoms with Crippen molar-refractivity contribution in [3.8, 4) is 0 Å². The standard InChI is InChI=1S/C19H25N3OS.2ClH/c1-12(2)17-11-24-18(21-17)14-5-4-8-22(10-14)19(23)16-9-15(20)7-6-13(16)3;;/h6-7,9,11-12,14H,4-5,8,10,20H2,1-3H3;2*1H. The van der Waals surface area contributed by atoms with E-state index in [1.54, 1.807) is 17.4 Å². The van der Waals surface area contributed by atoms with Gasteiger partial charge >= 0.3 is 0 Å². The van der Waals surface area contributed by atoms with E-state index in [2.05, 4.69) is 19.2 Å². The number of carbonyl (C=O) groups excluding carboxylic acids is 1. The van der Waals surface area contributed by atoms with Gasteiger partial charge in [-0.2, -0.15) is 0 Å². The Kier molecular flexibility index (Phi) is 8.38. The van der Waals surface area contributed by atoms with E-state index in [0.29, 0.717) is 17.5 Å². The lowest BCUT2D eigenvalue weighted by Crippen LogP contribution is -2.39. The number of halogens is 2. The molecule has 0 saturated carbocycles. The topological polar surface area (TPSA) is 59.2 Å². The average molecular weight is 416 g/mol. The minimum atomic E-state index is 0. The lowest BCUT2D eigenvalue weighted by molar-refractivity contribution is 0.0706. The monoisotopic (exact) mass is 415 g/mol. The summed E-state index contributed by atoms with van der Waals surface area (Å²) in [6.07, 6.45) is 2.12. The van der Waals surface area contributed by atoms with Crippen molar-refractivity contribution in [2.45, 2.75) is 45.4 Å². The lowest BCUT2D eigenvalue weighted by atomic mass is 9.97. The number of benzene rings is 1. The van der Waals surface area contributed by atoms with E-state index in [-0.39, 0.29) is 30.7 Å². The Balaban J connectivity index is 0.00000169. The Hall–Kier alpha value is -1.30. The van der Waals surface area contributed by atoms with Crippen molar-refractivity contribution in [2.75, 3.05) is 18.8 Å². The van der Waals surface area contributed by atoms with Gasteiger partial charge in [0.25, 0.3) is 5.91 Å². The molecule has 1 aliphatic heterocycles. The highest BCUT2D eigenvalue weighted by Gasteiger charge is 2.28. The number of nitrogen functional groups attached to an aromatic ring is 1. The van der Waals surface area contributed by atoms with Gasteiger partial charge in [-0.3, -0.25) is 4.79 Å². The molecule has 1 atom stereocenters. The number of rotatable bonds is 3. The molecule has 1 amide bonds. The molecule has 2 aromatic rings. The smallest absolute Gasteiger partial charge is 0.254 e. The number of likely N-dealkylation sites (tertiary alicyclic amines) is 1. The van der Waals surface area contributed by atoms with Gasteiger partial charge in [0.15, 0.2) is 0 Å². The van der Waals surface area contributed by atoms with Crippen molar-refractivity contribution in [2.24, 2.45) is 0 Å². The third kappa shape index (κ3) is 4.90. The summed E-state index contributed by atoms with van der Waals surface area (Å²) in [4.78, 5) is 19.7. The fourth-order valence-electron chi connectivity index (χ4n) is 3.16. The number of amides is 1. The SMILES string of the molecule is Cc1ccc(N)cc1C(=O)N1CCCC(c2nc(C(C)C)cs2)C1.Cl.Cl. The third-order valence-electron chi connectivity index (χ3n) is 4.68. The molecule has 7 heteroatoms. The fourth-order valence-corrected chi connectivity index (χ4v) is 4.27. The lowest BCUT2D eigenvalue weighted by Gasteiger charge is -2.32. The number of piperidine rings is 1. The number of nitrogens with two attached hydrogens (primary N) is 1. The summed E-state index contributed by atoms with van der Waals surface area (Å²) in [5.41, 5.74) is 9.36. The highest BCUT2D eigenvalue weighted by atomic mass is 35.5. The zero-order chi connectivity index (χ0) is 17.3. The maximum absolute atomic E-state index is 12.9. The first-order chi connectivity index (χ1) is 11.5. The Morgan fingerprint density at radius 3 is 2.73 bits per heavy atom. The van der Waals surface area contributed by atoms with E-state index >= 15 is 0 Å². The van der Waals surface area contributed by atoms with Gasteiger partial charge in [0.2, 0.25) is 0 Å². The molecule has 26 heavy (non-hydrogen) atoms. The Bertz CT molecular complexity index is 748. The van der Waals surface area contributed by atoms with Crippen LogP contribution in [0.4, 0.5) is 5.69 Å². The van der Waals surface area contributed by atoms with Gasteiger partial charge in [-0.1, -0.05) is 19.9 Å². The maximum Gasteiger partial charge on any atom is 0.254 e. The van der Waals surface area contributed by atoms with E-state index in [0.717, 1.165) is 42.8 Å². The van der Waals surface area contributed by atoms with E-state index in [9.17, 15) is 4.79 Å². The Labute approximate surface area is 172 Å². The van der Waals surface area contributed by atoms with Crippen LogP contribution in [0.15, 0.2) is 23.6 Å². The summed E-state index contributed by atoms with van der Waals surface area (Å²) in [6.45, 7) is 7.85. The molecule has 2 heterocycles. The highest BCUT2D eigenvalue weighted by Crippen LogP contribution is 2.31. The van der Waals surface area contributed by atoms with Crippen LogP contribution in [0.5, 0.6) is 0 Å². The summed E-state index contributed by atoms with van der Waals surface area (Å²) < 4.78 is 0.